The fourth-order valence-electron chi connectivity index (χ4n) is 3.12. The van der Waals surface area contributed by atoms with Crippen molar-refractivity contribution < 1.29 is 0 Å². The first-order valence-electron chi connectivity index (χ1n) is 7.78. The third-order valence-corrected chi connectivity index (χ3v) is 4.20. The molecule has 2 N–H and O–H groups in total. The Balaban J connectivity index is 2.08. The predicted octanol–water partition coefficient (Wildman–Crippen LogP) is 2.17. The lowest BCUT2D eigenvalue weighted by Gasteiger charge is -2.28. The molecule has 0 bridgehead atoms. The van der Waals surface area contributed by atoms with Gasteiger partial charge in [0.2, 0.25) is 0 Å². The van der Waals surface area contributed by atoms with E-state index in [9.17, 15) is 0 Å². The topological polar surface area (TPSA) is 47.1 Å². The summed E-state index contributed by atoms with van der Waals surface area (Å²) in [7, 11) is 0. The highest BCUT2D eigenvalue weighted by Gasteiger charge is 2.23. The van der Waals surface area contributed by atoms with Crippen LogP contribution in [0.15, 0.2) is 6.07 Å². The summed E-state index contributed by atoms with van der Waals surface area (Å²) in [6, 6.07) is 3.00. The summed E-state index contributed by atoms with van der Waals surface area (Å²) in [5.74, 6) is 0. The van der Waals surface area contributed by atoms with Crippen molar-refractivity contribution >= 4 is 0 Å². The van der Waals surface area contributed by atoms with Crippen molar-refractivity contribution in [1.29, 1.82) is 0 Å². The molecule has 1 saturated carbocycles. The summed E-state index contributed by atoms with van der Waals surface area (Å²) >= 11 is 0. The quantitative estimate of drug-likeness (QED) is 0.821. The number of hydrogen-bond donors (Lipinski definition) is 1. The highest BCUT2D eigenvalue weighted by Crippen LogP contribution is 2.24. The molecule has 0 unspecified atom stereocenters. The van der Waals surface area contributed by atoms with Crippen molar-refractivity contribution in [2.24, 2.45) is 5.73 Å². The highest BCUT2D eigenvalue weighted by molar-refractivity contribution is 5.10. The zero-order chi connectivity index (χ0) is 13.7. The van der Waals surface area contributed by atoms with Crippen molar-refractivity contribution in [2.75, 3.05) is 13.1 Å². The molecule has 1 aromatic rings. The fourth-order valence-corrected chi connectivity index (χ4v) is 3.12. The first-order chi connectivity index (χ1) is 9.28. The average Bonchev–Trinajstić information content (AvgIpc) is 3.07. The van der Waals surface area contributed by atoms with Gasteiger partial charge in [-0.25, -0.2) is 0 Å². The molecule has 0 saturated heterocycles. The maximum absolute atomic E-state index is 5.79. The second-order valence-corrected chi connectivity index (χ2v) is 5.49. The maximum atomic E-state index is 5.79. The van der Waals surface area contributed by atoms with Crippen LogP contribution in [0, 0.1) is 0 Å². The minimum absolute atomic E-state index is 0.730. The lowest BCUT2D eigenvalue weighted by molar-refractivity contribution is 0.190. The van der Waals surface area contributed by atoms with E-state index < -0.39 is 0 Å². The Morgan fingerprint density at radius 2 is 2.11 bits per heavy atom. The van der Waals surface area contributed by atoms with E-state index in [-0.39, 0.29) is 0 Å². The van der Waals surface area contributed by atoms with E-state index in [1.807, 2.05) is 0 Å². The van der Waals surface area contributed by atoms with Crippen LogP contribution in [0.4, 0.5) is 0 Å². The van der Waals surface area contributed by atoms with E-state index in [1.165, 1.54) is 37.1 Å². The van der Waals surface area contributed by atoms with Gasteiger partial charge in [0.25, 0.3) is 0 Å². The predicted molar refractivity (Wildman–Crippen MR) is 79.0 cm³/mol. The van der Waals surface area contributed by atoms with Crippen LogP contribution in [-0.2, 0) is 19.5 Å². The first-order valence-corrected chi connectivity index (χ1v) is 7.78. The molecule has 0 radical (unpaired) electrons. The summed E-state index contributed by atoms with van der Waals surface area (Å²) in [5, 5.41) is 4.65. The third kappa shape index (κ3) is 3.57. The molecular weight excluding hydrogens is 236 g/mol. The van der Waals surface area contributed by atoms with Crippen LogP contribution in [0.1, 0.15) is 50.9 Å². The smallest absolute Gasteiger partial charge is 0.0625 e. The molecule has 0 atom stereocenters. The Morgan fingerprint density at radius 1 is 1.37 bits per heavy atom. The second kappa shape index (κ2) is 7.06. The maximum Gasteiger partial charge on any atom is 0.0625 e. The van der Waals surface area contributed by atoms with Gasteiger partial charge < -0.3 is 5.73 Å². The monoisotopic (exact) mass is 264 g/mol. The molecule has 1 aliphatic rings. The number of nitrogens with zero attached hydrogens (tertiary/aromatic N) is 3. The van der Waals surface area contributed by atoms with E-state index in [4.69, 9.17) is 5.73 Å². The lowest BCUT2D eigenvalue weighted by Crippen LogP contribution is -2.37. The molecule has 1 aromatic heterocycles. The summed E-state index contributed by atoms with van der Waals surface area (Å²) < 4.78 is 2.15. The Kier molecular flexibility index (Phi) is 5.40. The van der Waals surface area contributed by atoms with Gasteiger partial charge in [-0.05, 0) is 32.3 Å². The van der Waals surface area contributed by atoms with Crippen molar-refractivity contribution in [3.8, 4) is 0 Å². The van der Waals surface area contributed by atoms with E-state index in [2.05, 4.69) is 34.6 Å². The van der Waals surface area contributed by atoms with Crippen molar-refractivity contribution in [2.45, 2.75) is 65.1 Å². The van der Waals surface area contributed by atoms with E-state index in [0.29, 0.717) is 0 Å². The molecule has 1 aliphatic carbocycles. The Morgan fingerprint density at radius 3 is 2.68 bits per heavy atom. The zero-order valence-electron chi connectivity index (χ0n) is 12.4. The molecule has 19 heavy (non-hydrogen) atoms. The molecule has 0 aliphatic heterocycles. The van der Waals surface area contributed by atoms with Gasteiger partial charge in [-0.1, -0.05) is 19.8 Å². The van der Waals surface area contributed by atoms with Crippen LogP contribution >= 0.6 is 0 Å². The number of rotatable bonds is 7. The molecular formula is C15H28N4. The Bertz CT molecular complexity index is 379. The van der Waals surface area contributed by atoms with Crippen molar-refractivity contribution in [3.63, 3.8) is 0 Å². The summed E-state index contributed by atoms with van der Waals surface area (Å²) in [5.41, 5.74) is 8.34. The molecule has 0 spiro atoms. The van der Waals surface area contributed by atoms with Crippen molar-refractivity contribution in [1.82, 2.24) is 14.7 Å². The zero-order valence-corrected chi connectivity index (χ0v) is 12.4. The van der Waals surface area contributed by atoms with Crippen LogP contribution in [-0.4, -0.2) is 33.8 Å². The SMILES string of the molecule is CCc1cc(CN(CCN)C2CCCC2)n(CC)n1. The summed E-state index contributed by atoms with van der Waals surface area (Å²) in [4.78, 5) is 2.57. The van der Waals surface area contributed by atoms with Gasteiger partial charge in [0.1, 0.15) is 0 Å². The number of aryl methyl sites for hydroxylation is 2. The number of nitrogens with two attached hydrogens (primary N) is 1. The first kappa shape index (κ1) is 14.5. The van der Waals surface area contributed by atoms with Gasteiger partial charge in [-0.2, -0.15) is 5.10 Å². The van der Waals surface area contributed by atoms with E-state index >= 15 is 0 Å². The molecule has 1 heterocycles. The van der Waals surface area contributed by atoms with E-state index in [1.54, 1.807) is 0 Å². The number of hydrogen-bond acceptors (Lipinski definition) is 3. The highest BCUT2D eigenvalue weighted by atomic mass is 15.3. The van der Waals surface area contributed by atoms with Crippen LogP contribution in [0.5, 0.6) is 0 Å². The van der Waals surface area contributed by atoms with Gasteiger partial charge in [0.05, 0.1) is 11.4 Å². The fraction of sp³-hybridized carbons (Fsp3) is 0.800. The molecule has 0 aromatic carbocycles. The Hall–Kier alpha value is -0.870. The van der Waals surface area contributed by atoms with Crippen LogP contribution in [0.3, 0.4) is 0 Å². The van der Waals surface area contributed by atoms with Crippen LogP contribution < -0.4 is 5.73 Å². The minimum atomic E-state index is 0.730. The molecule has 108 valence electrons. The van der Waals surface area contributed by atoms with Gasteiger partial charge >= 0.3 is 0 Å². The Labute approximate surface area is 117 Å². The average molecular weight is 264 g/mol. The number of aromatic nitrogens is 2. The lowest BCUT2D eigenvalue weighted by atomic mass is 10.2. The standard InChI is InChI=1S/C15H28N4/c1-3-13-11-15(19(4-2)17-13)12-18(10-9-16)14-7-5-6-8-14/h11,14H,3-10,12,16H2,1-2H3. The molecule has 2 rings (SSSR count). The van der Waals surface area contributed by atoms with Gasteiger partial charge in [-0.3, -0.25) is 9.58 Å². The van der Waals surface area contributed by atoms with E-state index in [0.717, 1.165) is 38.6 Å². The van der Waals surface area contributed by atoms with Crippen LogP contribution in [0.2, 0.25) is 0 Å². The normalized spacial score (nSPS) is 16.6. The summed E-state index contributed by atoms with van der Waals surface area (Å²) in [6.45, 7) is 8.04. The largest absolute Gasteiger partial charge is 0.329 e. The van der Waals surface area contributed by atoms with Crippen molar-refractivity contribution in [3.05, 3.63) is 17.5 Å². The molecule has 4 nitrogen and oxygen atoms in total. The second-order valence-electron chi connectivity index (χ2n) is 5.49. The van der Waals surface area contributed by atoms with Crippen LogP contribution in [0.25, 0.3) is 0 Å². The van der Waals surface area contributed by atoms with Gasteiger partial charge in [-0.15, -0.1) is 0 Å². The van der Waals surface area contributed by atoms with Gasteiger partial charge in [0.15, 0.2) is 0 Å². The molecule has 0 amide bonds. The summed E-state index contributed by atoms with van der Waals surface area (Å²) in [6.07, 6.45) is 6.43. The van der Waals surface area contributed by atoms with Gasteiger partial charge in [0, 0.05) is 32.2 Å². The minimum Gasteiger partial charge on any atom is -0.329 e. The third-order valence-electron chi connectivity index (χ3n) is 4.20. The molecule has 1 fully saturated rings. The molecule has 4 heteroatoms.